The van der Waals surface area contributed by atoms with Crippen LogP contribution in [-0.4, -0.2) is 51.5 Å². The highest BCUT2D eigenvalue weighted by Crippen LogP contribution is 2.18. The van der Waals surface area contributed by atoms with E-state index in [1.807, 2.05) is 34.7 Å². The second-order valence-electron chi connectivity index (χ2n) is 5.33. The lowest BCUT2D eigenvalue weighted by atomic mass is 10.2. The molecule has 0 bridgehead atoms. The Balaban J connectivity index is 1.59. The van der Waals surface area contributed by atoms with E-state index in [1.165, 1.54) is 0 Å². The number of amides is 1. The molecule has 0 aliphatic carbocycles. The van der Waals surface area contributed by atoms with Gasteiger partial charge in [0.15, 0.2) is 0 Å². The van der Waals surface area contributed by atoms with Gasteiger partial charge in [-0.2, -0.15) is 0 Å². The van der Waals surface area contributed by atoms with E-state index in [4.69, 9.17) is 11.6 Å². The molecule has 7 heteroatoms. The molecule has 1 amide bonds. The van der Waals surface area contributed by atoms with Crippen LogP contribution in [0.3, 0.4) is 0 Å². The summed E-state index contributed by atoms with van der Waals surface area (Å²) < 4.78 is 1.83. The maximum absolute atomic E-state index is 12.5. The minimum absolute atomic E-state index is 0.127. The number of carbonyl (C=O) groups excluding carboxylic acids is 1. The van der Waals surface area contributed by atoms with Gasteiger partial charge < -0.3 is 14.4 Å². The van der Waals surface area contributed by atoms with Gasteiger partial charge >= 0.3 is 0 Å². The Labute approximate surface area is 134 Å². The molecule has 3 heterocycles. The minimum Gasteiger partial charge on any atom is -0.353 e. The molecule has 1 aliphatic rings. The zero-order valence-corrected chi connectivity index (χ0v) is 13.1. The minimum atomic E-state index is -0.220. The van der Waals surface area contributed by atoms with E-state index < -0.39 is 0 Å². The van der Waals surface area contributed by atoms with Crippen LogP contribution in [0.2, 0.25) is 5.02 Å². The fourth-order valence-corrected chi connectivity index (χ4v) is 2.71. The second kappa shape index (κ2) is 6.36. The molecule has 0 saturated carbocycles. The van der Waals surface area contributed by atoms with Gasteiger partial charge in [-0.05, 0) is 19.1 Å². The zero-order valence-electron chi connectivity index (χ0n) is 12.4. The molecule has 22 heavy (non-hydrogen) atoms. The lowest BCUT2D eigenvalue weighted by Crippen LogP contribution is -2.50. The Bertz CT molecular complexity index is 620. The van der Waals surface area contributed by atoms with Gasteiger partial charge in [-0.3, -0.25) is 4.79 Å². The molecule has 0 N–H and O–H groups in total. The first kappa shape index (κ1) is 14.8. The number of anilines is 1. The average Bonchev–Trinajstić information content (AvgIpc) is 3.09. The number of aromatic nitrogens is 3. The highest BCUT2D eigenvalue weighted by atomic mass is 35.5. The number of rotatable bonds is 3. The summed E-state index contributed by atoms with van der Waals surface area (Å²) in [6, 6.07) is 3.53. The largest absolute Gasteiger partial charge is 0.353 e. The zero-order chi connectivity index (χ0) is 15.5. The maximum atomic E-state index is 12.5. The molecule has 0 radical (unpaired) electrons. The van der Waals surface area contributed by atoms with Crippen molar-refractivity contribution >= 4 is 23.3 Å². The van der Waals surface area contributed by atoms with Gasteiger partial charge in [0.25, 0.3) is 0 Å². The Morgan fingerprint density at radius 1 is 1.27 bits per heavy atom. The molecule has 3 rings (SSSR count). The number of imidazole rings is 1. The Morgan fingerprint density at radius 3 is 2.64 bits per heavy atom. The summed E-state index contributed by atoms with van der Waals surface area (Å²) >= 11 is 5.86. The Kier molecular flexibility index (Phi) is 4.29. The third-order valence-electron chi connectivity index (χ3n) is 3.96. The number of halogens is 1. The number of piperazine rings is 1. The van der Waals surface area contributed by atoms with E-state index in [1.54, 1.807) is 18.7 Å². The second-order valence-corrected chi connectivity index (χ2v) is 5.77. The molecule has 0 spiro atoms. The maximum Gasteiger partial charge on any atom is 0.245 e. The van der Waals surface area contributed by atoms with Crippen LogP contribution in [0.1, 0.15) is 13.0 Å². The van der Waals surface area contributed by atoms with Gasteiger partial charge in [-0.1, -0.05) is 11.6 Å². The normalized spacial score (nSPS) is 16.6. The van der Waals surface area contributed by atoms with Gasteiger partial charge in [0, 0.05) is 44.8 Å². The fourth-order valence-electron chi connectivity index (χ4n) is 2.60. The molecule has 6 nitrogen and oxygen atoms in total. The van der Waals surface area contributed by atoms with E-state index in [0.717, 1.165) is 18.9 Å². The molecule has 116 valence electrons. The van der Waals surface area contributed by atoms with Crippen molar-refractivity contribution in [1.29, 1.82) is 0 Å². The molecular formula is C15H18ClN5O. The molecule has 1 unspecified atom stereocenters. The van der Waals surface area contributed by atoms with Gasteiger partial charge in [-0.25, -0.2) is 9.97 Å². The number of carbonyl (C=O) groups is 1. The van der Waals surface area contributed by atoms with Crippen molar-refractivity contribution in [3.63, 3.8) is 0 Å². The summed E-state index contributed by atoms with van der Waals surface area (Å²) in [7, 11) is 0. The SMILES string of the molecule is CC(C(=O)N1CCN(c2ccc(Cl)cn2)CC1)n1ccnc1. The number of hydrogen-bond acceptors (Lipinski definition) is 4. The predicted molar refractivity (Wildman–Crippen MR) is 85.0 cm³/mol. The first-order valence-corrected chi connectivity index (χ1v) is 7.65. The summed E-state index contributed by atoms with van der Waals surface area (Å²) in [5.74, 6) is 1.03. The molecule has 1 atom stereocenters. The monoisotopic (exact) mass is 319 g/mol. The summed E-state index contributed by atoms with van der Waals surface area (Å²) in [4.78, 5) is 24.9. The topological polar surface area (TPSA) is 54.3 Å². The molecule has 1 fully saturated rings. The van der Waals surface area contributed by atoms with Gasteiger partial charge in [0.1, 0.15) is 11.9 Å². The lowest BCUT2D eigenvalue weighted by Gasteiger charge is -2.36. The van der Waals surface area contributed by atoms with Gasteiger partial charge in [0.05, 0.1) is 11.3 Å². The lowest BCUT2D eigenvalue weighted by molar-refractivity contribution is -0.134. The third kappa shape index (κ3) is 3.06. The highest BCUT2D eigenvalue weighted by molar-refractivity contribution is 6.30. The quantitative estimate of drug-likeness (QED) is 0.866. The van der Waals surface area contributed by atoms with Crippen LogP contribution >= 0.6 is 11.6 Å². The first-order chi connectivity index (χ1) is 10.6. The Hall–Kier alpha value is -2.08. The molecule has 2 aromatic rings. The van der Waals surface area contributed by atoms with Crippen LogP contribution in [0.25, 0.3) is 0 Å². The van der Waals surface area contributed by atoms with Crippen molar-refractivity contribution in [2.75, 3.05) is 31.1 Å². The summed E-state index contributed by atoms with van der Waals surface area (Å²) in [5.41, 5.74) is 0. The summed E-state index contributed by atoms with van der Waals surface area (Å²) in [6.07, 6.45) is 6.83. The van der Waals surface area contributed by atoms with E-state index in [-0.39, 0.29) is 11.9 Å². The summed E-state index contributed by atoms with van der Waals surface area (Å²) in [5, 5.41) is 0.631. The molecule has 1 aliphatic heterocycles. The van der Waals surface area contributed by atoms with Gasteiger partial charge in [0.2, 0.25) is 5.91 Å². The number of hydrogen-bond donors (Lipinski definition) is 0. The van der Waals surface area contributed by atoms with Crippen molar-refractivity contribution in [3.8, 4) is 0 Å². The molecule has 2 aromatic heterocycles. The standard InChI is InChI=1S/C15H18ClN5O/c1-12(21-5-4-17-11-21)15(22)20-8-6-19(7-9-20)14-3-2-13(16)10-18-14/h2-5,10-12H,6-9H2,1H3. The van der Waals surface area contributed by atoms with Crippen molar-refractivity contribution in [3.05, 3.63) is 42.1 Å². The van der Waals surface area contributed by atoms with Crippen LogP contribution in [-0.2, 0) is 4.79 Å². The highest BCUT2D eigenvalue weighted by Gasteiger charge is 2.26. The Morgan fingerprint density at radius 2 is 2.05 bits per heavy atom. The van der Waals surface area contributed by atoms with E-state index in [0.29, 0.717) is 18.1 Å². The van der Waals surface area contributed by atoms with Crippen LogP contribution in [0.15, 0.2) is 37.1 Å². The van der Waals surface area contributed by atoms with E-state index in [2.05, 4.69) is 14.9 Å². The van der Waals surface area contributed by atoms with Crippen LogP contribution in [0.5, 0.6) is 0 Å². The predicted octanol–water partition coefficient (Wildman–Crippen LogP) is 1.84. The van der Waals surface area contributed by atoms with Crippen molar-refractivity contribution in [1.82, 2.24) is 19.4 Å². The van der Waals surface area contributed by atoms with Crippen molar-refractivity contribution in [2.24, 2.45) is 0 Å². The number of pyridine rings is 1. The summed E-state index contributed by atoms with van der Waals surface area (Å²) in [6.45, 7) is 4.84. The third-order valence-corrected chi connectivity index (χ3v) is 4.18. The van der Waals surface area contributed by atoms with Crippen LogP contribution in [0.4, 0.5) is 5.82 Å². The average molecular weight is 320 g/mol. The van der Waals surface area contributed by atoms with E-state index >= 15 is 0 Å². The van der Waals surface area contributed by atoms with Crippen LogP contribution < -0.4 is 4.90 Å². The van der Waals surface area contributed by atoms with Crippen LogP contribution in [0, 0.1) is 0 Å². The van der Waals surface area contributed by atoms with Crippen molar-refractivity contribution in [2.45, 2.75) is 13.0 Å². The van der Waals surface area contributed by atoms with E-state index in [9.17, 15) is 4.79 Å². The van der Waals surface area contributed by atoms with Gasteiger partial charge in [-0.15, -0.1) is 0 Å². The molecule has 0 aromatic carbocycles. The fraction of sp³-hybridized carbons (Fsp3) is 0.400. The van der Waals surface area contributed by atoms with Crippen molar-refractivity contribution < 1.29 is 4.79 Å². The molecule has 1 saturated heterocycles. The smallest absolute Gasteiger partial charge is 0.245 e. The molecular weight excluding hydrogens is 302 g/mol. The first-order valence-electron chi connectivity index (χ1n) is 7.28. The number of nitrogens with zero attached hydrogens (tertiary/aromatic N) is 5.